The summed E-state index contributed by atoms with van der Waals surface area (Å²) in [6.07, 6.45) is 6.08. The Balaban J connectivity index is 1.18. The van der Waals surface area contributed by atoms with E-state index in [2.05, 4.69) is 20.7 Å². The lowest BCUT2D eigenvalue weighted by atomic mass is 9.47. The van der Waals surface area contributed by atoms with Crippen molar-refractivity contribution in [2.45, 2.75) is 57.5 Å². The number of hydrogen-bond donors (Lipinski definition) is 3. The number of anilines is 1. The number of nitrogens with zero attached hydrogens (tertiary/aromatic N) is 2. The molecule has 0 aromatic carbocycles. The Morgan fingerprint density at radius 3 is 2.57 bits per heavy atom. The standard InChI is InChI=1S/C21H30N4O4S/c1-13-17(30-19(22-13)25-2-4-29-5-3-25)18(27)24-23-16(26)11-20-7-14-6-15(8-20)10-21(28,9-14)12-20/h14-15,28H,2-12H2,1H3,(H,23,26)(H,24,27). The van der Waals surface area contributed by atoms with Gasteiger partial charge in [0, 0.05) is 19.5 Å². The zero-order valence-corrected chi connectivity index (χ0v) is 18.2. The third-order valence-corrected chi connectivity index (χ3v) is 8.49. The molecule has 2 unspecified atom stereocenters. The minimum Gasteiger partial charge on any atom is -0.390 e. The fraction of sp³-hybridized carbons (Fsp3) is 0.762. The molecule has 1 aromatic rings. The number of amides is 2. The number of hydrogen-bond acceptors (Lipinski definition) is 7. The molecule has 3 N–H and O–H groups in total. The first-order chi connectivity index (χ1) is 14.3. The Morgan fingerprint density at radius 2 is 1.90 bits per heavy atom. The zero-order chi connectivity index (χ0) is 20.9. The smallest absolute Gasteiger partial charge is 0.281 e. The largest absolute Gasteiger partial charge is 0.390 e. The first-order valence-electron chi connectivity index (χ1n) is 10.9. The van der Waals surface area contributed by atoms with E-state index in [1.807, 2.05) is 6.92 Å². The van der Waals surface area contributed by atoms with Crippen LogP contribution in [0.3, 0.4) is 0 Å². The second-order valence-corrected chi connectivity index (χ2v) is 10.9. The highest BCUT2D eigenvalue weighted by Gasteiger charge is 2.57. The van der Waals surface area contributed by atoms with E-state index in [0.717, 1.165) is 43.9 Å². The number of aromatic nitrogens is 1. The summed E-state index contributed by atoms with van der Waals surface area (Å²) in [6.45, 7) is 4.67. The van der Waals surface area contributed by atoms with Crippen LogP contribution >= 0.6 is 11.3 Å². The minimum absolute atomic E-state index is 0.114. The first-order valence-corrected chi connectivity index (χ1v) is 11.8. The molecule has 164 valence electrons. The lowest BCUT2D eigenvalue weighted by Crippen LogP contribution is -2.57. The van der Waals surface area contributed by atoms with Gasteiger partial charge >= 0.3 is 0 Å². The fourth-order valence-corrected chi connectivity index (χ4v) is 7.67. The van der Waals surface area contributed by atoms with Gasteiger partial charge in [-0.15, -0.1) is 0 Å². The molecular formula is C21H30N4O4S. The number of nitrogens with one attached hydrogen (secondary N) is 2. The number of hydrazine groups is 1. The molecule has 2 amide bonds. The molecule has 9 heteroatoms. The number of carbonyl (C=O) groups is 2. The van der Waals surface area contributed by atoms with E-state index in [1.54, 1.807) is 0 Å². The molecule has 1 aliphatic heterocycles. The Hall–Kier alpha value is -1.71. The number of thiazole rings is 1. The quantitative estimate of drug-likeness (QED) is 0.624. The first kappa shape index (κ1) is 20.2. The maximum atomic E-state index is 12.7. The molecule has 2 atom stereocenters. The van der Waals surface area contributed by atoms with Crippen molar-refractivity contribution in [3.05, 3.63) is 10.6 Å². The van der Waals surface area contributed by atoms with Gasteiger partial charge in [-0.05, 0) is 62.7 Å². The van der Waals surface area contributed by atoms with Crippen molar-refractivity contribution >= 4 is 28.3 Å². The van der Waals surface area contributed by atoms with E-state index in [-0.39, 0.29) is 17.2 Å². The molecule has 2 heterocycles. The van der Waals surface area contributed by atoms with E-state index in [4.69, 9.17) is 4.74 Å². The highest BCUT2D eigenvalue weighted by atomic mass is 32.1. The van der Waals surface area contributed by atoms with Gasteiger partial charge in [-0.3, -0.25) is 20.4 Å². The van der Waals surface area contributed by atoms with Crippen molar-refractivity contribution in [3.63, 3.8) is 0 Å². The Labute approximate surface area is 180 Å². The molecule has 4 bridgehead atoms. The van der Waals surface area contributed by atoms with Crippen LogP contribution < -0.4 is 15.8 Å². The van der Waals surface area contributed by atoms with E-state index >= 15 is 0 Å². The van der Waals surface area contributed by atoms with Crippen molar-refractivity contribution in [1.29, 1.82) is 0 Å². The number of aryl methyl sites for hydroxylation is 1. The Bertz CT molecular complexity index is 836. The van der Waals surface area contributed by atoms with Gasteiger partial charge in [0.2, 0.25) is 5.91 Å². The van der Waals surface area contributed by atoms with Crippen molar-refractivity contribution < 1.29 is 19.4 Å². The van der Waals surface area contributed by atoms with Crippen LogP contribution in [0.25, 0.3) is 0 Å². The van der Waals surface area contributed by atoms with Crippen molar-refractivity contribution in [2.24, 2.45) is 17.3 Å². The maximum Gasteiger partial charge on any atom is 0.281 e. The molecule has 6 rings (SSSR count). The summed E-state index contributed by atoms with van der Waals surface area (Å²) in [5, 5.41) is 11.7. The Kier molecular flexibility index (Phi) is 5.02. The average molecular weight is 435 g/mol. The summed E-state index contributed by atoms with van der Waals surface area (Å²) in [5.41, 5.74) is 5.15. The second kappa shape index (κ2) is 7.46. The molecule has 0 spiro atoms. The normalized spacial score (nSPS) is 34.8. The van der Waals surface area contributed by atoms with Crippen molar-refractivity contribution in [3.8, 4) is 0 Å². The molecule has 5 fully saturated rings. The van der Waals surface area contributed by atoms with Crippen LogP contribution in [0.5, 0.6) is 0 Å². The van der Waals surface area contributed by atoms with E-state index in [0.29, 0.717) is 48.5 Å². The summed E-state index contributed by atoms with van der Waals surface area (Å²) in [6, 6.07) is 0. The van der Waals surface area contributed by atoms with Crippen molar-refractivity contribution in [2.75, 3.05) is 31.2 Å². The zero-order valence-electron chi connectivity index (χ0n) is 17.4. The minimum atomic E-state index is -0.580. The Morgan fingerprint density at radius 1 is 1.20 bits per heavy atom. The van der Waals surface area contributed by atoms with Crippen LogP contribution in [0.4, 0.5) is 5.13 Å². The van der Waals surface area contributed by atoms with Gasteiger partial charge < -0.3 is 14.7 Å². The molecule has 30 heavy (non-hydrogen) atoms. The van der Waals surface area contributed by atoms with Crippen LogP contribution in [0.15, 0.2) is 0 Å². The van der Waals surface area contributed by atoms with Gasteiger partial charge in [-0.25, -0.2) is 4.98 Å². The third kappa shape index (κ3) is 3.83. The number of aliphatic hydroxyl groups is 1. The maximum absolute atomic E-state index is 12.7. The molecule has 5 aliphatic rings. The van der Waals surface area contributed by atoms with Gasteiger partial charge in [0.15, 0.2) is 5.13 Å². The summed E-state index contributed by atoms with van der Waals surface area (Å²) < 4.78 is 5.37. The molecule has 8 nitrogen and oxygen atoms in total. The molecular weight excluding hydrogens is 404 g/mol. The lowest BCUT2D eigenvalue weighted by Gasteiger charge is -2.60. The van der Waals surface area contributed by atoms with Crippen LogP contribution in [0.2, 0.25) is 0 Å². The molecule has 0 radical (unpaired) electrons. The number of carbonyl (C=O) groups excluding carboxylic acids is 2. The van der Waals surface area contributed by atoms with Crippen LogP contribution in [-0.4, -0.2) is 53.8 Å². The fourth-order valence-electron chi connectivity index (χ4n) is 6.66. The van der Waals surface area contributed by atoms with Crippen LogP contribution in [0.1, 0.15) is 60.3 Å². The average Bonchev–Trinajstić information content (AvgIpc) is 3.06. The molecule has 4 aliphatic carbocycles. The van der Waals surface area contributed by atoms with Crippen molar-refractivity contribution in [1.82, 2.24) is 15.8 Å². The SMILES string of the molecule is Cc1nc(N2CCOCC2)sc1C(=O)NNC(=O)CC12CC3CC(CC(O)(C3)C1)C2. The lowest BCUT2D eigenvalue weighted by molar-refractivity contribution is -0.169. The van der Waals surface area contributed by atoms with Crippen LogP contribution in [-0.2, 0) is 9.53 Å². The summed E-state index contributed by atoms with van der Waals surface area (Å²) in [7, 11) is 0. The molecule has 4 saturated carbocycles. The number of morpholine rings is 1. The monoisotopic (exact) mass is 434 g/mol. The van der Waals surface area contributed by atoms with E-state index < -0.39 is 5.60 Å². The van der Waals surface area contributed by atoms with Gasteiger partial charge in [0.1, 0.15) is 4.88 Å². The summed E-state index contributed by atoms with van der Waals surface area (Å²) in [5.74, 6) is 0.570. The number of ether oxygens (including phenoxy) is 1. The molecule has 1 saturated heterocycles. The van der Waals surface area contributed by atoms with Gasteiger partial charge in [-0.1, -0.05) is 11.3 Å². The van der Waals surface area contributed by atoms with Gasteiger partial charge in [0.25, 0.3) is 5.91 Å². The summed E-state index contributed by atoms with van der Waals surface area (Å²) in [4.78, 5) is 32.5. The highest BCUT2D eigenvalue weighted by Crippen LogP contribution is 2.62. The topological polar surface area (TPSA) is 104 Å². The third-order valence-electron chi connectivity index (χ3n) is 7.28. The predicted molar refractivity (Wildman–Crippen MR) is 112 cm³/mol. The van der Waals surface area contributed by atoms with E-state index in [1.165, 1.54) is 17.8 Å². The summed E-state index contributed by atoms with van der Waals surface area (Å²) >= 11 is 1.34. The second-order valence-electron chi connectivity index (χ2n) is 9.87. The van der Waals surface area contributed by atoms with Gasteiger partial charge in [0.05, 0.1) is 24.5 Å². The highest BCUT2D eigenvalue weighted by molar-refractivity contribution is 7.17. The van der Waals surface area contributed by atoms with Gasteiger partial charge in [-0.2, -0.15) is 0 Å². The molecule has 1 aromatic heterocycles. The van der Waals surface area contributed by atoms with E-state index in [9.17, 15) is 14.7 Å². The number of rotatable bonds is 4. The predicted octanol–water partition coefficient (Wildman–Crippen LogP) is 1.77. The van der Waals surface area contributed by atoms with Crippen LogP contribution in [0, 0.1) is 24.2 Å².